The van der Waals surface area contributed by atoms with Gasteiger partial charge >= 0.3 is 6.18 Å². The Morgan fingerprint density at radius 1 is 1.12 bits per heavy atom. The second-order valence-electron chi connectivity index (χ2n) is 4.08. The lowest BCUT2D eigenvalue weighted by atomic mass is 9.98. The summed E-state index contributed by atoms with van der Waals surface area (Å²) in [5, 5.41) is 1.73. The molecule has 0 aromatic heterocycles. The molecule has 4 heteroatoms. The van der Waals surface area contributed by atoms with Crippen LogP contribution < -0.4 is 5.73 Å². The molecule has 2 aromatic rings. The van der Waals surface area contributed by atoms with Crippen molar-refractivity contribution in [1.29, 1.82) is 0 Å². The lowest BCUT2D eigenvalue weighted by molar-refractivity contribution is -0.149. The first-order valence-electron chi connectivity index (χ1n) is 5.21. The van der Waals surface area contributed by atoms with Crippen LogP contribution in [-0.4, -0.2) is 6.18 Å². The monoisotopic (exact) mass is 239 g/mol. The molecule has 2 rings (SSSR count). The molecule has 0 saturated heterocycles. The summed E-state index contributed by atoms with van der Waals surface area (Å²) in [6.07, 6.45) is -4.41. The lowest BCUT2D eigenvalue weighted by Gasteiger charge is -2.17. The van der Waals surface area contributed by atoms with Crippen LogP contribution in [0.5, 0.6) is 0 Å². The highest BCUT2D eigenvalue weighted by molar-refractivity contribution is 5.86. The third kappa shape index (κ3) is 2.26. The Balaban J connectivity index is 2.58. The summed E-state index contributed by atoms with van der Waals surface area (Å²) >= 11 is 0. The van der Waals surface area contributed by atoms with Gasteiger partial charge in [0.25, 0.3) is 0 Å². The van der Waals surface area contributed by atoms with Gasteiger partial charge in [0.15, 0.2) is 0 Å². The third-order valence-electron chi connectivity index (χ3n) is 2.80. The maximum atomic E-state index is 12.5. The van der Waals surface area contributed by atoms with Crippen LogP contribution in [0.4, 0.5) is 13.2 Å². The average Bonchev–Trinajstić information content (AvgIpc) is 2.27. The fraction of sp³-hybridized carbons (Fsp3) is 0.231. The van der Waals surface area contributed by atoms with Crippen LogP contribution >= 0.6 is 0 Å². The van der Waals surface area contributed by atoms with Gasteiger partial charge in [-0.15, -0.1) is 0 Å². The number of alkyl halides is 3. The smallest absolute Gasteiger partial charge is 0.316 e. The van der Waals surface area contributed by atoms with E-state index in [2.05, 4.69) is 0 Å². The van der Waals surface area contributed by atoms with E-state index in [0.29, 0.717) is 0 Å². The summed E-state index contributed by atoms with van der Waals surface area (Å²) in [5.41, 5.74) is 6.12. The summed E-state index contributed by atoms with van der Waals surface area (Å²) in [4.78, 5) is 0. The predicted molar refractivity (Wildman–Crippen MR) is 61.7 cm³/mol. The molecule has 17 heavy (non-hydrogen) atoms. The van der Waals surface area contributed by atoms with Crippen molar-refractivity contribution in [2.45, 2.75) is 19.1 Å². The van der Waals surface area contributed by atoms with Gasteiger partial charge in [0.05, 0.1) is 0 Å². The van der Waals surface area contributed by atoms with Crippen molar-refractivity contribution in [3.8, 4) is 0 Å². The number of benzene rings is 2. The largest absolute Gasteiger partial charge is 0.407 e. The van der Waals surface area contributed by atoms with Crippen LogP contribution in [0.3, 0.4) is 0 Å². The predicted octanol–water partition coefficient (Wildman–Crippen LogP) is 3.71. The minimum Gasteiger partial charge on any atom is -0.316 e. The molecule has 0 heterocycles. The number of hydrogen-bond donors (Lipinski definition) is 1. The van der Waals surface area contributed by atoms with Crippen molar-refractivity contribution in [2.24, 2.45) is 5.73 Å². The van der Waals surface area contributed by atoms with Crippen molar-refractivity contribution in [3.63, 3.8) is 0 Å². The van der Waals surface area contributed by atoms with Crippen molar-refractivity contribution in [2.75, 3.05) is 0 Å². The van der Waals surface area contributed by atoms with Gasteiger partial charge in [0.2, 0.25) is 0 Å². The summed E-state index contributed by atoms with van der Waals surface area (Å²) in [6.45, 7) is 1.79. The standard InChI is InChI=1S/C13H12F3N/c1-8-6-10(12(17)13(14,15)16)7-9-4-2-3-5-11(8)9/h2-7,12H,17H2,1H3/t12-/m0/s1. The molecule has 1 nitrogen and oxygen atoms in total. The van der Waals surface area contributed by atoms with Crippen molar-refractivity contribution in [3.05, 3.63) is 47.5 Å². The highest BCUT2D eigenvalue weighted by Gasteiger charge is 2.37. The van der Waals surface area contributed by atoms with Gasteiger partial charge in [0.1, 0.15) is 6.04 Å². The SMILES string of the molecule is Cc1cc([C@H](N)C(F)(F)F)cc2ccccc12. The van der Waals surface area contributed by atoms with Crippen LogP contribution in [-0.2, 0) is 0 Å². The molecule has 0 aliphatic rings. The van der Waals surface area contributed by atoms with E-state index in [1.165, 1.54) is 12.1 Å². The number of hydrogen-bond acceptors (Lipinski definition) is 1. The summed E-state index contributed by atoms with van der Waals surface area (Å²) in [5.74, 6) is 0. The van der Waals surface area contributed by atoms with Crippen LogP contribution in [0.1, 0.15) is 17.2 Å². The van der Waals surface area contributed by atoms with Crippen molar-refractivity contribution in [1.82, 2.24) is 0 Å². The average molecular weight is 239 g/mol. The molecule has 2 N–H and O–H groups in total. The molecule has 0 aliphatic heterocycles. The van der Waals surface area contributed by atoms with Gasteiger partial charge < -0.3 is 5.73 Å². The number of aryl methyl sites for hydroxylation is 1. The molecule has 0 spiro atoms. The topological polar surface area (TPSA) is 26.0 Å². The van der Waals surface area contributed by atoms with Crippen LogP contribution in [0, 0.1) is 6.92 Å². The van der Waals surface area contributed by atoms with Crippen LogP contribution in [0.15, 0.2) is 36.4 Å². The summed E-state index contributed by atoms with van der Waals surface area (Å²) in [7, 11) is 0. The first kappa shape index (κ1) is 11.9. The molecule has 2 aromatic carbocycles. The molecule has 0 amide bonds. The van der Waals surface area contributed by atoms with E-state index in [1.807, 2.05) is 12.1 Å². The van der Waals surface area contributed by atoms with Gasteiger partial charge in [-0.25, -0.2) is 0 Å². The number of halogens is 3. The summed E-state index contributed by atoms with van der Waals surface area (Å²) < 4.78 is 37.6. The normalized spacial score (nSPS) is 13.9. The second kappa shape index (κ2) is 4.04. The Bertz CT molecular complexity index is 546. The number of nitrogens with two attached hydrogens (primary N) is 1. The van der Waals surface area contributed by atoms with E-state index >= 15 is 0 Å². The molecule has 0 fully saturated rings. The number of fused-ring (bicyclic) bond motifs is 1. The van der Waals surface area contributed by atoms with Crippen LogP contribution in [0.2, 0.25) is 0 Å². The fourth-order valence-electron chi connectivity index (χ4n) is 1.90. The van der Waals surface area contributed by atoms with Crippen molar-refractivity contribution < 1.29 is 13.2 Å². The van der Waals surface area contributed by atoms with Crippen molar-refractivity contribution >= 4 is 10.8 Å². The van der Waals surface area contributed by atoms with Gasteiger partial charge in [-0.2, -0.15) is 13.2 Å². The van der Waals surface area contributed by atoms with E-state index < -0.39 is 12.2 Å². The Kier molecular flexibility index (Phi) is 2.83. The lowest BCUT2D eigenvalue weighted by Crippen LogP contribution is -2.28. The molecular weight excluding hydrogens is 227 g/mol. The molecule has 0 radical (unpaired) electrons. The van der Waals surface area contributed by atoms with E-state index in [0.717, 1.165) is 16.3 Å². The highest BCUT2D eigenvalue weighted by Crippen LogP contribution is 2.32. The molecule has 0 bridgehead atoms. The Morgan fingerprint density at radius 3 is 2.41 bits per heavy atom. The summed E-state index contributed by atoms with van der Waals surface area (Å²) in [6, 6.07) is 8.40. The van der Waals surface area contributed by atoms with Gasteiger partial charge in [-0.1, -0.05) is 30.3 Å². The Labute approximate surface area is 97.0 Å². The molecule has 90 valence electrons. The van der Waals surface area contributed by atoms with E-state index in [-0.39, 0.29) is 5.56 Å². The third-order valence-corrected chi connectivity index (χ3v) is 2.80. The van der Waals surface area contributed by atoms with E-state index in [4.69, 9.17) is 5.73 Å². The number of rotatable bonds is 1. The molecule has 1 atom stereocenters. The molecular formula is C13H12F3N. The van der Waals surface area contributed by atoms with Gasteiger partial charge in [0, 0.05) is 0 Å². The zero-order chi connectivity index (χ0) is 12.6. The van der Waals surface area contributed by atoms with Crippen LogP contribution in [0.25, 0.3) is 10.8 Å². The first-order chi connectivity index (χ1) is 7.89. The minimum atomic E-state index is -4.41. The molecule has 0 unspecified atom stereocenters. The zero-order valence-corrected chi connectivity index (χ0v) is 9.25. The van der Waals surface area contributed by atoms with Gasteiger partial charge in [-0.3, -0.25) is 0 Å². The Hall–Kier alpha value is -1.55. The maximum absolute atomic E-state index is 12.5. The van der Waals surface area contributed by atoms with Gasteiger partial charge in [-0.05, 0) is 34.9 Å². The molecule has 0 saturated carbocycles. The quantitative estimate of drug-likeness (QED) is 0.806. The molecule has 0 aliphatic carbocycles. The van der Waals surface area contributed by atoms with E-state index in [9.17, 15) is 13.2 Å². The second-order valence-corrected chi connectivity index (χ2v) is 4.08. The Morgan fingerprint density at radius 2 is 1.76 bits per heavy atom. The maximum Gasteiger partial charge on any atom is 0.407 e. The highest BCUT2D eigenvalue weighted by atomic mass is 19.4. The van der Waals surface area contributed by atoms with E-state index in [1.54, 1.807) is 19.1 Å². The minimum absolute atomic E-state index is 0.105. The fourth-order valence-corrected chi connectivity index (χ4v) is 1.90. The zero-order valence-electron chi connectivity index (χ0n) is 9.25. The first-order valence-corrected chi connectivity index (χ1v) is 5.21.